The lowest BCUT2D eigenvalue weighted by molar-refractivity contribution is 0.0599. The van der Waals surface area contributed by atoms with Crippen molar-refractivity contribution in [2.24, 2.45) is 0 Å². The molecule has 9 nitrogen and oxygen atoms in total. The molecule has 2 aliphatic heterocycles. The van der Waals surface area contributed by atoms with Gasteiger partial charge in [-0.1, -0.05) is 0 Å². The maximum Gasteiger partial charge on any atom is 0.338 e. The third-order valence-electron chi connectivity index (χ3n) is 4.32. The van der Waals surface area contributed by atoms with Gasteiger partial charge < -0.3 is 38.3 Å². The minimum atomic E-state index is -0.435. The summed E-state index contributed by atoms with van der Waals surface area (Å²) in [6.45, 7) is 1.96. The minimum Gasteiger partial charge on any atom is -0.493 e. The number of esters is 1. The lowest BCUT2D eigenvalue weighted by Gasteiger charge is -2.21. The highest BCUT2D eigenvalue weighted by atomic mass is 16.6. The number of rotatable bonds is 4. The predicted octanol–water partition coefficient (Wildman–Crippen LogP) is 2.21. The van der Waals surface area contributed by atoms with Crippen molar-refractivity contribution in [1.82, 2.24) is 0 Å². The number of benzene rings is 2. The number of hydrogen-bond acceptors (Lipinski definition) is 9. The van der Waals surface area contributed by atoms with Gasteiger partial charge in [0.1, 0.15) is 26.4 Å². The molecule has 30 heavy (non-hydrogen) atoms. The topological polar surface area (TPSA) is 102 Å². The maximum absolute atomic E-state index is 11.4. The van der Waals surface area contributed by atoms with Crippen LogP contribution >= 0.6 is 0 Å². The molecule has 4 rings (SSSR count). The van der Waals surface area contributed by atoms with Gasteiger partial charge in [-0.3, -0.25) is 0 Å². The van der Waals surface area contributed by atoms with Crippen LogP contribution in [0.15, 0.2) is 24.3 Å². The summed E-state index contributed by atoms with van der Waals surface area (Å²) in [5.74, 6) is 2.93. The van der Waals surface area contributed by atoms with E-state index < -0.39 is 5.97 Å². The molecule has 0 aromatic heterocycles. The van der Waals surface area contributed by atoms with Gasteiger partial charge in [0.05, 0.1) is 33.5 Å². The summed E-state index contributed by atoms with van der Waals surface area (Å²) in [5, 5.41) is 9.01. The van der Waals surface area contributed by atoms with Gasteiger partial charge in [0.15, 0.2) is 23.0 Å². The molecule has 0 spiro atoms. The zero-order chi connectivity index (χ0) is 21.5. The van der Waals surface area contributed by atoms with Crippen LogP contribution in [0.5, 0.6) is 34.5 Å². The summed E-state index contributed by atoms with van der Waals surface area (Å²) in [7, 11) is 4.40. The summed E-state index contributed by atoms with van der Waals surface area (Å²) < 4.78 is 36.5. The Balaban J connectivity index is 0.000000172. The molecule has 162 valence electrons. The standard InChI is InChI=1S/C11H12O5.C10H12O4/c1-13-8-5-7(11(12)14-2)6-9-10(8)16-4-3-15-9;1-12-8-4-7(6-11)5-9-10(8)14-3-2-13-9/h5-6H,3-4H2,1-2H3;4-5,11H,2-3,6H2,1H3. The Bertz CT molecular complexity index is 860. The fourth-order valence-corrected chi connectivity index (χ4v) is 2.93. The third kappa shape index (κ3) is 4.62. The second-order valence-corrected chi connectivity index (χ2v) is 6.17. The van der Waals surface area contributed by atoms with Gasteiger partial charge in [-0.25, -0.2) is 4.79 Å². The Labute approximate surface area is 174 Å². The van der Waals surface area contributed by atoms with Gasteiger partial charge >= 0.3 is 5.97 Å². The third-order valence-corrected chi connectivity index (χ3v) is 4.32. The summed E-state index contributed by atoms with van der Waals surface area (Å²) in [6, 6.07) is 6.66. The second kappa shape index (κ2) is 9.93. The average molecular weight is 420 g/mol. The SMILES string of the molecule is COC(=O)c1cc(OC)c2c(c1)OCCO2.COc1cc(CO)cc2c1OCCO2. The van der Waals surface area contributed by atoms with Crippen molar-refractivity contribution >= 4 is 5.97 Å². The normalized spacial score (nSPS) is 13.5. The fourth-order valence-electron chi connectivity index (χ4n) is 2.93. The van der Waals surface area contributed by atoms with E-state index in [0.717, 1.165) is 5.56 Å². The van der Waals surface area contributed by atoms with Gasteiger partial charge in [-0.2, -0.15) is 0 Å². The van der Waals surface area contributed by atoms with Crippen LogP contribution in [-0.4, -0.2) is 58.8 Å². The molecular formula is C21H24O9. The van der Waals surface area contributed by atoms with E-state index in [9.17, 15) is 4.79 Å². The Morgan fingerprint density at radius 3 is 1.90 bits per heavy atom. The zero-order valence-corrected chi connectivity index (χ0v) is 17.1. The Kier molecular flexibility index (Phi) is 7.08. The number of methoxy groups -OCH3 is 3. The van der Waals surface area contributed by atoms with Gasteiger partial charge in [0, 0.05) is 0 Å². The van der Waals surface area contributed by atoms with Gasteiger partial charge in [-0.05, 0) is 29.8 Å². The van der Waals surface area contributed by atoms with Crippen LogP contribution < -0.4 is 28.4 Å². The number of ether oxygens (including phenoxy) is 7. The molecule has 0 fully saturated rings. The van der Waals surface area contributed by atoms with E-state index in [-0.39, 0.29) is 6.61 Å². The first-order valence-electron chi connectivity index (χ1n) is 9.24. The smallest absolute Gasteiger partial charge is 0.338 e. The van der Waals surface area contributed by atoms with Crippen molar-refractivity contribution in [2.75, 3.05) is 47.8 Å². The van der Waals surface area contributed by atoms with E-state index in [1.54, 1.807) is 31.4 Å². The van der Waals surface area contributed by atoms with Crippen molar-refractivity contribution in [2.45, 2.75) is 6.61 Å². The first-order valence-corrected chi connectivity index (χ1v) is 9.24. The number of aliphatic hydroxyl groups is 1. The van der Waals surface area contributed by atoms with Crippen molar-refractivity contribution in [3.05, 3.63) is 35.4 Å². The molecule has 1 N–H and O–H groups in total. The molecule has 0 saturated heterocycles. The van der Waals surface area contributed by atoms with Crippen LogP contribution in [0.4, 0.5) is 0 Å². The van der Waals surface area contributed by atoms with E-state index >= 15 is 0 Å². The van der Waals surface area contributed by atoms with Gasteiger partial charge in [0.25, 0.3) is 0 Å². The van der Waals surface area contributed by atoms with Crippen molar-refractivity contribution < 1.29 is 43.1 Å². The van der Waals surface area contributed by atoms with Crippen LogP contribution in [-0.2, 0) is 11.3 Å². The molecule has 2 heterocycles. The van der Waals surface area contributed by atoms with E-state index in [4.69, 9.17) is 33.5 Å². The first-order chi connectivity index (χ1) is 14.6. The number of aliphatic hydroxyl groups excluding tert-OH is 1. The largest absolute Gasteiger partial charge is 0.493 e. The van der Waals surface area contributed by atoms with Crippen LogP contribution in [0.3, 0.4) is 0 Å². The molecule has 0 radical (unpaired) electrons. The lowest BCUT2D eigenvalue weighted by Crippen LogP contribution is -2.16. The number of carbonyl (C=O) groups is 1. The van der Waals surface area contributed by atoms with Gasteiger partial charge in [0.2, 0.25) is 11.5 Å². The summed E-state index contributed by atoms with van der Waals surface area (Å²) in [5.41, 5.74) is 1.13. The first kappa shape index (κ1) is 21.4. The molecule has 0 unspecified atom stereocenters. The van der Waals surface area contributed by atoms with Gasteiger partial charge in [-0.15, -0.1) is 0 Å². The quantitative estimate of drug-likeness (QED) is 0.746. The molecule has 0 aliphatic carbocycles. The summed E-state index contributed by atoms with van der Waals surface area (Å²) >= 11 is 0. The van der Waals surface area contributed by atoms with Crippen LogP contribution in [0.25, 0.3) is 0 Å². The predicted molar refractivity (Wildman–Crippen MR) is 105 cm³/mol. The van der Waals surface area contributed by atoms with Crippen LogP contribution in [0, 0.1) is 0 Å². The van der Waals surface area contributed by atoms with E-state index in [1.165, 1.54) is 14.2 Å². The Morgan fingerprint density at radius 1 is 0.833 bits per heavy atom. The average Bonchev–Trinajstić information content (AvgIpc) is 2.82. The number of fused-ring (bicyclic) bond motifs is 2. The second-order valence-electron chi connectivity index (χ2n) is 6.17. The fraction of sp³-hybridized carbons (Fsp3) is 0.381. The number of carbonyl (C=O) groups excluding carboxylic acids is 1. The number of hydrogen-bond donors (Lipinski definition) is 1. The molecule has 2 aliphatic rings. The van der Waals surface area contributed by atoms with Crippen LogP contribution in [0.2, 0.25) is 0 Å². The monoisotopic (exact) mass is 420 g/mol. The molecule has 2 aromatic carbocycles. The molecule has 9 heteroatoms. The molecule has 0 saturated carbocycles. The zero-order valence-electron chi connectivity index (χ0n) is 17.1. The van der Waals surface area contributed by atoms with E-state index in [2.05, 4.69) is 4.74 Å². The summed E-state index contributed by atoms with van der Waals surface area (Å²) in [4.78, 5) is 11.4. The lowest BCUT2D eigenvalue weighted by atomic mass is 10.1. The highest BCUT2D eigenvalue weighted by Crippen LogP contribution is 2.41. The molecule has 0 bridgehead atoms. The highest BCUT2D eigenvalue weighted by Gasteiger charge is 2.21. The van der Waals surface area contributed by atoms with E-state index in [0.29, 0.717) is 66.5 Å². The molecular weight excluding hydrogens is 396 g/mol. The maximum atomic E-state index is 11.4. The molecule has 2 aromatic rings. The minimum absolute atomic E-state index is 0.0347. The molecule has 0 atom stereocenters. The van der Waals surface area contributed by atoms with E-state index in [1.807, 2.05) is 0 Å². The van der Waals surface area contributed by atoms with Crippen molar-refractivity contribution in [3.8, 4) is 34.5 Å². The summed E-state index contributed by atoms with van der Waals surface area (Å²) in [6.07, 6.45) is 0. The Hall–Kier alpha value is -3.33. The van der Waals surface area contributed by atoms with Crippen molar-refractivity contribution in [1.29, 1.82) is 0 Å². The van der Waals surface area contributed by atoms with Crippen molar-refractivity contribution in [3.63, 3.8) is 0 Å². The highest BCUT2D eigenvalue weighted by molar-refractivity contribution is 5.91. The molecule has 0 amide bonds. The van der Waals surface area contributed by atoms with Crippen LogP contribution in [0.1, 0.15) is 15.9 Å². The Morgan fingerprint density at radius 2 is 1.37 bits per heavy atom.